The van der Waals surface area contributed by atoms with Crippen LogP contribution in [0.25, 0.3) is 0 Å². The van der Waals surface area contributed by atoms with E-state index in [-0.39, 0.29) is 10.8 Å². The molecule has 0 aliphatic rings. The molecule has 5 nitrogen and oxygen atoms in total. The summed E-state index contributed by atoms with van der Waals surface area (Å²) in [6, 6.07) is 13.3. The molecule has 1 amide bonds. The van der Waals surface area contributed by atoms with E-state index in [9.17, 15) is 13.2 Å². The number of carbonyl (C=O) groups is 1. The summed E-state index contributed by atoms with van der Waals surface area (Å²) in [7, 11) is -2.01. The van der Waals surface area contributed by atoms with Gasteiger partial charge in [0.05, 0.1) is 10.6 Å². The monoisotopic (exact) mass is 318 g/mol. The van der Waals surface area contributed by atoms with Gasteiger partial charge in [-0.15, -0.1) is 0 Å². The van der Waals surface area contributed by atoms with Gasteiger partial charge in [0.15, 0.2) is 0 Å². The van der Waals surface area contributed by atoms with Crippen molar-refractivity contribution in [3.63, 3.8) is 0 Å². The minimum absolute atomic E-state index is 0.126. The normalized spacial score (nSPS) is 11.0. The Hall–Kier alpha value is -2.34. The zero-order valence-corrected chi connectivity index (χ0v) is 13.5. The molecule has 0 bridgehead atoms. The summed E-state index contributed by atoms with van der Waals surface area (Å²) in [4.78, 5) is 13.0. The molecule has 22 heavy (non-hydrogen) atoms. The van der Waals surface area contributed by atoms with Crippen molar-refractivity contribution in [3.05, 3.63) is 54.1 Å². The maximum absolute atomic E-state index is 12.3. The fraction of sp³-hybridized carbons (Fsp3) is 0.188. The van der Waals surface area contributed by atoms with Crippen LogP contribution in [0.5, 0.6) is 0 Å². The quantitative estimate of drug-likeness (QED) is 0.942. The number of amides is 1. The Balaban J connectivity index is 2.28. The maximum atomic E-state index is 12.3. The molecule has 0 atom stereocenters. The largest absolute Gasteiger partial charge is 0.316 e. The molecule has 0 aliphatic carbocycles. The average molecular weight is 318 g/mol. The zero-order chi connectivity index (χ0) is 16.3. The second-order valence-electron chi connectivity index (χ2n) is 5.05. The second kappa shape index (κ2) is 6.19. The molecular weight excluding hydrogens is 300 g/mol. The van der Waals surface area contributed by atoms with Crippen molar-refractivity contribution < 1.29 is 13.2 Å². The molecule has 0 spiro atoms. The number of nitrogens with one attached hydrogen (secondary N) is 1. The number of hydrogen-bond acceptors (Lipinski definition) is 3. The van der Waals surface area contributed by atoms with E-state index in [1.807, 2.05) is 6.92 Å². The predicted octanol–water partition coefficient (Wildman–Crippen LogP) is 2.78. The Morgan fingerprint density at radius 1 is 1.09 bits per heavy atom. The Labute approximate surface area is 130 Å². The SMILES string of the molecule is CC(=O)N(C)c1cccc(NS(=O)(=O)c2ccc(C)cc2)c1. The summed E-state index contributed by atoms with van der Waals surface area (Å²) in [5, 5.41) is 0. The molecule has 116 valence electrons. The maximum Gasteiger partial charge on any atom is 0.261 e. The Morgan fingerprint density at radius 2 is 1.73 bits per heavy atom. The van der Waals surface area contributed by atoms with Gasteiger partial charge in [0.25, 0.3) is 10.0 Å². The third-order valence-corrected chi connectivity index (χ3v) is 4.69. The first-order valence-electron chi connectivity index (χ1n) is 6.73. The molecule has 0 saturated carbocycles. The molecule has 2 rings (SSSR count). The smallest absolute Gasteiger partial charge is 0.261 e. The van der Waals surface area contributed by atoms with Gasteiger partial charge < -0.3 is 4.90 Å². The first-order valence-corrected chi connectivity index (χ1v) is 8.22. The van der Waals surface area contributed by atoms with Crippen molar-refractivity contribution in [2.75, 3.05) is 16.7 Å². The van der Waals surface area contributed by atoms with Crippen LogP contribution in [-0.2, 0) is 14.8 Å². The molecule has 1 N–H and O–H groups in total. The lowest BCUT2D eigenvalue weighted by Gasteiger charge is -2.16. The van der Waals surface area contributed by atoms with Crippen molar-refractivity contribution >= 4 is 27.3 Å². The third kappa shape index (κ3) is 3.65. The Kier molecular flexibility index (Phi) is 4.51. The molecule has 6 heteroatoms. The average Bonchev–Trinajstić information content (AvgIpc) is 2.46. The minimum Gasteiger partial charge on any atom is -0.316 e. The van der Waals surface area contributed by atoms with Crippen molar-refractivity contribution in [2.45, 2.75) is 18.7 Å². The topological polar surface area (TPSA) is 66.5 Å². The summed E-state index contributed by atoms with van der Waals surface area (Å²) < 4.78 is 27.2. The van der Waals surface area contributed by atoms with Crippen LogP contribution in [0.2, 0.25) is 0 Å². The van der Waals surface area contributed by atoms with Crippen LogP contribution >= 0.6 is 0 Å². The molecule has 0 fully saturated rings. The van der Waals surface area contributed by atoms with Crippen LogP contribution in [0.15, 0.2) is 53.4 Å². The number of benzene rings is 2. The van der Waals surface area contributed by atoms with E-state index in [0.29, 0.717) is 11.4 Å². The van der Waals surface area contributed by atoms with Crippen LogP contribution in [-0.4, -0.2) is 21.4 Å². The van der Waals surface area contributed by atoms with Crippen LogP contribution in [0, 0.1) is 6.92 Å². The number of carbonyl (C=O) groups excluding carboxylic acids is 1. The van der Waals surface area contributed by atoms with Crippen molar-refractivity contribution in [3.8, 4) is 0 Å². The highest BCUT2D eigenvalue weighted by Crippen LogP contribution is 2.21. The molecule has 2 aromatic rings. The number of sulfonamides is 1. The van der Waals surface area contributed by atoms with Gasteiger partial charge in [-0.05, 0) is 37.3 Å². The molecule has 0 aromatic heterocycles. The van der Waals surface area contributed by atoms with Crippen LogP contribution < -0.4 is 9.62 Å². The van der Waals surface area contributed by atoms with Gasteiger partial charge in [-0.2, -0.15) is 0 Å². The Morgan fingerprint density at radius 3 is 2.32 bits per heavy atom. The number of hydrogen-bond donors (Lipinski definition) is 1. The van der Waals surface area contributed by atoms with Crippen molar-refractivity contribution in [1.29, 1.82) is 0 Å². The van der Waals surface area contributed by atoms with E-state index < -0.39 is 10.0 Å². The van der Waals surface area contributed by atoms with E-state index in [4.69, 9.17) is 0 Å². The fourth-order valence-electron chi connectivity index (χ4n) is 1.89. The molecular formula is C16H18N2O3S. The van der Waals surface area contributed by atoms with E-state index >= 15 is 0 Å². The molecule has 0 heterocycles. The highest BCUT2D eigenvalue weighted by molar-refractivity contribution is 7.92. The van der Waals surface area contributed by atoms with Gasteiger partial charge >= 0.3 is 0 Å². The lowest BCUT2D eigenvalue weighted by atomic mass is 10.2. The number of anilines is 2. The number of nitrogens with zero attached hydrogens (tertiary/aromatic N) is 1. The minimum atomic E-state index is -3.65. The van der Waals surface area contributed by atoms with Gasteiger partial charge in [0.1, 0.15) is 0 Å². The summed E-state index contributed by atoms with van der Waals surface area (Å²) in [6.07, 6.45) is 0. The molecule has 0 radical (unpaired) electrons. The summed E-state index contributed by atoms with van der Waals surface area (Å²) in [5.74, 6) is -0.126. The first kappa shape index (κ1) is 16.0. The van der Waals surface area contributed by atoms with Crippen molar-refractivity contribution in [1.82, 2.24) is 0 Å². The first-order chi connectivity index (χ1) is 10.3. The molecule has 0 saturated heterocycles. The molecule has 0 unspecified atom stereocenters. The highest BCUT2D eigenvalue weighted by atomic mass is 32.2. The Bertz CT molecular complexity index is 783. The number of rotatable bonds is 4. The third-order valence-electron chi connectivity index (χ3n) is 3.29. The summed E-state index contributed by atoms with van der Waals surface area (Å²) >= 11 is 0. The van der Waals surface area contributed by atoms with E-state index in [1.54, 1.807) is 55.6 Å². The fourth-order valence-corrected chi connectivity index (χ4v) is 2.94. The molecule has 2 aromatic carbocycles. The lowest BCUT2D eigenvalue weighted by Crippen LogP contribution is -2.23. The molecule has 0 aliphatic heterocycles. The predicted molar refractivity (Wildman–Crippen MR) is 87.5 cm³/mol. The van der Waals surface area contributed by atoms with E-state index in [2.05, 4.69) is 4.72 Å². The van der Waals surface area contributed by atoms with Gasteiger partial charge in [0.2, 0.25) is 5.91 Å². The number of aryl methyl sites for hydroxylation is 1. The lowest BCUT2D eigenvalue weighted by molar-refractivity contribution is -0.116. The summed E-state index contributed by atoms with van der Waals surface area (Å²) in [6.45, 7) is 3.34. The standard InChI is InChI=1S/C16H18N2O3S/c1-12-7-9-16(10-8-12)22(20,21)17-14-5-4-6-15(11-14)18(3)13(2)19/h4-11,17H,1-3H3. The second-order valence-corrected chi connectivity index (χ2v) is 6.73. The summed E-state index contributed by atoms with van der Waals surface area (Å²) in [5.41, 5.74) is 2.02. The zero-order valence-electron chi connectivity index (χ0n) is 12.7. The van der Waals surface area contributed by atoms with Gasteiger partial charge in [-0.1, -0.05) is 23.8 Å². The van der Waals surface area contributed by atoms with Gasteiger partial charge in [-0.25, -0.2) is 8.42 Å². The van der Waals surface area contributed by atoms with Crippen LogP contribution in [0.1, 0.15) is 12.5 Å². The van der Waals surface area contributed by atoms with Crippen LogP contribution in [0.4, 0.5) is 11.4 Å². The van der Waals surface area contributed by atoms with Gasteiger partial charge in [-0.3, -0.25) is 9.52 Å². The van der Waals surface area contributed by atoms with Gasteiger partial charge in [0, 0.05) is 19.7 Å². The highest BCUT2D eigenvalue weighted by Gasteiger charge is 2.14. The van der Waals surface area contributed by atoms with Crippen LogP contribution in [0.3, 0.4) is 0 Å². The van der Waals surface area contributed by atoms with Crippen molar-refractivity contribution in [2.24, 2.45) is 0 Å². The van der Waals surface area contributed by atoms with E-state index in [1.165, 1.54) is 11.8 Å². The van der Waals surface area contributed by atoms with E-state index in [0.717, 1.165) is 5.56 Å².